The van der Waals surface area contributed by atoms with E-state index in [1.165, 1.54) is 0 Å². The van der Waals surface area contributed by atoms with Crippen LogP contribution in [0.3, 0.4) is 0 Å². The summed E-state index contributed by atoms with van der Waals surface area (Å²) in [6.07, 6.45) is 0.319. The average Bonchev–Trinajstić information content (AvgIpc) is 2.48. The summed E-state index contributed by atoms with van der Waals surface area (Å²) in [5.74, 6) is -0.0423. The number of benzene rings is 1. The Kier molecular flexibility index (Phi) is 7.60. The lowest BCUT2D eigenvalue weighted by Crippen LogP contribution is -2.36. The highest BCUT2D eigenvalue weighted by molar-refractivity contribution is 5.81. The topological polar surface area (TPSA) is 67.4 Å². The number of nitrogens with one attached hydrogen (secondary N) is 2. The summed E-state index contributed by atoms with van der Waals surface area (Å²) in [4.78, 5) is 23.2. The van der Waals surface area contributed by atoms with Crippen molar-refractivity contribution in [2.24, 2.45) is 5.41 Å². The number of amides is 2. The molecule has 0 fully saturated rings. The molecule has 2 N–H and O–H groups in total. The Morgan fingerprint density at radius 3 is 2.36 bits per heavy atom. The second-order valence-electron chi connectivity index (χ2n) is 6.13. The van der Waals surface area contributed by atoms with Crippen LogP contribution >= 0.6 is 0 Å². The summed E-state index contributed by atoms with van der Waals surface area (Å²) >= 11 is 0. The molecular formula is C17H26N2O3. The van der Waals surface area contributed by atoms with Crippen LogP contribution in [-0.2, 0) is 20.9 Å². The van der Waals surface area contributed by atoms with Gasteiger partial charge in [-0.2, -0.15) is 0 Å². The molecule has 0 atom stereocenters. The van der Waals surface area contributed by atoms with E-state index in [9.17, 15) is 9.59 Å². The fourth-order valence-corrected chi connectivity index (χ4v) is 1.65. The number of ether oxygens (including phenoxy) is 1. The maximum atomic E-state index is 11.6. The van der Waals surface area contributed by atoms with Gasteiger partial charge in [-0.25, -0.2) is 0 Å². The summed E-state index contributed by atoms with van der Waals surface area (Å²) in [6, 6.07) is 9.76. The van der Waals surface area contributed by atoms with E-state index in [1.807, 2.05) is 51.1 Å². The van der Waals surface area contributed by atoms with Crippen molar-refractivity contribution in [2.45, 2.75) is 33.7 Å². The van der Waals surface area contributed by atoms with Crippen LogP contribution in [0.1, 0.15) is 32.8 Å². The molecular weight excluding hydrogens is 280 g/mol. The molecule has 1 aromatic carbocycles. The molecule has 0 radical (unpaired) electrons. The zero-order valence-corrected chi connectivity index (χ0v) is 13.6. The number of carbonyl (C=O) groups excluding carboxylic acids is 2. The zero-order chi connectivity index (χ0) is 16.4. The summed E-state index contributed by atoms with van der Waals surface area (Å²) in [5, 5.41) is 5.63. The third-order valence-corrected chi connectivity index (χ3v) is 3.02. The van der Waals surface area contributed by atoms with Gasteiger partial charge in [-0.3, -0.25) is 9.59 Å². The Bertz CT molecular complexity index is 467. The van der Waals surface area contributed by atoms with Crippen LogP contribution < -0.4 is 10.6 Å². The maximum Gasteiger partial charge on any atom is 0.225 e. The molecule has 0 bridgehead atoms. The van der Waals surface area contributed by atoms with Gasteiger partial charge in [-0.1, -0.05) is 51.1 Å². The molecule has 5 heteroatoms. The Morgan fingerprint density at radius 2 is 1.73 bits per heavy atom. The first kappa shape index (κ1) is 18.2. The van der Waals surface area contributed by atoms with Crippen molar-refractivity contribution in [2.75, 3.05) is 19.8 Å². The fraction of sp³-hybridized carbons (Fsp3) is 0.529. The van der Waals surface area contributed by atoms with Gasteiger partial charge in [-0.05, 0) is 5.56 Å². The van der Waals surface area contributed by atoms with E-state index in [0.29, 0.717) is 32.7 Å². The van der Waals surface area contributed by atoms with Crippen molar-refractivity contribution in [1.29, 1.82) is 0 Å². The van der Waals surface area contributed by atoms with Crippen LogP contribution in [0, 0.1) is 5.41 Å². The normalized spacial score (nSPS) is 11.0. The molecule has 0 saturated heterocycles. The molecule has 1 aromatic rings. The van der Waals surface area contributed by atoms with E-state index in [1.54, 1.807) is 0 Å². The molecule has 0 aliphatic rings. The molecule has 0 heterocycles. The zero-order valence-electron chi connectivity index (χ0n) is 13.6. The third-order valence-electron chi connectivity index (χ3n) is 3.02. The Labute approximate surface area is 132 Å². The number of hydrogen-bond donors (Lipinski definition) is 2. The highest BCUT2D eigenvalue weighted by atomic mass is 16.5. The SMILES string of the molecule is CC(C)(C)C(=O)NCCOCCC(=O)NCc1ccccc1. The molecule has 0 spiro atoms. The highest BCUT2D eigenvalue weighted by Gasteiger charge is 2.20. The summed E-state index contributed by atoms with van der Waals surface area (Å²) in [6.45, 7) is 7.34. The predicted octanol–water partition coefficient (Wildman–Crippen LogP) is 1.87. The van der Waals surface area contributed by atoms with Crippen LogP contribution in [0.5, 0.6) is 0 Å². The van der Waals surface area contributed by atoms with Crippen LogP contribution in [0.4, 0.5) is 0 Å². The van der Waals surface area contributed by atoms with Crippen molar-refractivity contribution in [3.05, 3.63) is 35.9 Å². The molecule has 5 nitrogen and oxygen atoms in total. The minimum atomic E-state index is -0.392. The monoisotopic (exact) mass is 306 g/mol. The van der Waals surface area contributed by atoms with Gasteiger partial charge >= 0.3 is 0 Å². The minimum absolute atomic E-state index is 0.00305. The van der Waals surface area contributed by atoms with E-state index in [4.69, 9.17) is 4.74 Å². The highest BCUT2D eigenvalue weighted by Crippen LogP contribution is 2.11. The molecule has 0 saturated carbocycles. The molecule has 22 heavy (non-hydrogen) atoms. The molecule has 0 aromatic heterocycles. The lowest BCUT2D eigenvalue weighted by atomic mass is 9.96. The van der Waals surface area contributed by atoms with Gasteiger partial charge in [0.05, 0.1) is 13.2 Å². The Hall–Kier alpha value is -1.88. The van der Waals surface area contributed by atoms with Crippen molar-refractivity contribution in [3.63, 3.8) is 0 Å². The largest absolute Gasteiger partial charge is 0.379 e. The van der Waals surface area contributed by atoms with E-state index >= 15 is 0 Å². The van der Waals surface area contributed by atoms with Gasteiger partial charge in [0.25, 0.3) is 0 Å². The second kappa shape index (κ2) is 9.20. The summed E-state index contributed by atoms with van der Waals surface area (Å²) < 4.78 is 5.34. The minimum Gasteiger partial charge on any atom is -0.379 e. The third kappa shape index (κ3) is 7.78. The number of hydrogen-bond acceptors (Lipinski definition) is 3. The van der Waals surface area contributed by atoms with Crippen molar-refractivity contribution in [3.8, 4) is 0 Å². The van der Waals surface area contributed by atoms with Gasteiger partial charge in [0.2, 0.25) is 11.8 Å². The average molecular weight is 306 g/mol. The maximum absolute atomic E-state index is 11.6. The first-order valence-corrected chi connectivity index (χ1v) is 7.56. The smallest absolute Gasteiger partial charge is 0.225 e. The summed E-state index contributed by atoms with van der Waals surface area (Å²) in [5.41, 5.74) is 0.679. The first-order valence-electron chi connectivity index (χ1n) is 7.56. The van der Waals surface area contributed by atoms with Crippen LogP contribution in [0.25, 0.3) is 0 Å². The van der Waals surface area contributed by atoms with Gasteiger partial charge in [0, 0.05) is 24.9 Å². The lowest BCUT2D eigenvalue weighted by molar-refractivity contribution is -0.129. The molecule has 0 aliphatic heterocycles. The van der Waals surface area contributed by atoms with Gasteiger partial charge in [0.1, 0.15) is 0 Å². The number of carbonyl (C=O) groups is 2. The molecule has 122 valence electrons. The van der Waals surface area contributed by atoms with Gasteiger partial charge < -0.3 is 15.4 Å². The van der Waals surface area contributed by atoms with Gasteiger partial charge in [-0.15, -0.1) is 0 Å². The van der Waals surface area contributed by atoms with E-state index in [2.05, 4.69) is 10.6 Å². The molecule has 2 amide bonds. The van der Waals surface area contributed by atoms with Gasteiger partial charge in [0.15, 0.2) is 0 Å². The molecule has 0 unspecified atom stereocenters. The van der Waals surface area contributed by atoms with E-state index < -0.39 is 5.41 Å². The van der Waals surface area contributed by atoms with Crippen molar-refractivity contribution >= 4 is 11.8 Å². The predicted molar refractivity (Wildman–Crippen MR) is 86.2 cm³/mol. The standard InChI is InChI=1S/C17H26N2O3/c1-17(2,3)16(21)18-10-12-22-11-9-15(20)19-13-14-7-5-4-6-8-14/h4-8H,9-13H2,1-3H3,(H,18,21)(H,19,20). The van der Waals surface area contributed by atoms with Crippen LogP contribution in [0.2, 0.25) is 0 Å². The fourth-order valence-electron chi connectivity index (χ4n) is 1.65. The van der Waals surface area contributed by atoms with E-state index in [0.717, 1.165) is 5.56 Å². The summed E-state index contributed by atoms with van der Waals surface area (Å²) in [7, 11) is 0. The number of rotatable bonds is 8. The van der Waals surface area contributed by atoms with Crippen molar-refractivity contribution < 1.29 is 14.3 Å². The van der Waals surface area contributed by atoms with Crippen LogP contribution in [0.15, 0.2) is 30.3 Å². The van der Waals surface area contributed by atoms with Crippen LogP contribution in [-0.4, -0.2) is 31.6 Å². The Morgan fingerprint density at radius 1 is 1.05 bits per heavy atom. The lowest BCUT2D eigenvalue weighted by Gasteiger charge is -2.17. The Balaban J connectivity index is 2.03. The molecule has 1 rings (SSSR count). The molecule has 0 aliphatic carbocycles. The first-order chi connectivity index (χ1) is 10.4. The quantitative estimate of drug-likeness (QED) is 0.721. The second-order valence-corrected chi connectivity index (χ2v) is 6.13. The van der Waals surface area contributed by atoms with E-state index in [-0.39, 0.29) is 11.8 Å². The van der Waals surface area contributed by atoms with Crippen molar-refractivity contribution in [1.82, 2.24) is 10.6 Å².